The van der Waals surface area contributed by atoms with Crippen molar-refractivity contribution >= 4 is 5.82 Å². The molecule has 2 atom stereocenters. The topological polar surface area (TPSA) is 83.4 Å². The second-order valence-electron chi connectivity index (χ2n) is 5.47. The summed E-state index contributed by atoms with van der Waals surface area (Å²) >= 11 is 0. The Morgan fingerprint density at radius 2 is 2.16 bits per heavy atom. The first-order valence-electron chi connectivity index (χ1n) is 6.89. The highest BCUT2D eigenvalue weighted by Gasteiger charge is 2.36. The lowest BCUT2D eigenvalue weighted by atomic mass is 9.95. The van der Waals surface area contributed by atoms with Gasteiger partial charge in [-0.3, -0.25) is 21.1 Å². The highest BCUT2D eigenvalue weighted by atomic mass is 15.4. The van der Waals surface area contributed by atoms with Crippen LogP contribution < -0.4 is 17.0 Å². The zero-order valence-electron chi connectivity index (χ0n) is 11.1. The first kappa shape index (κ1) is 12.8. The largest absolute Gasteiger partial charge is 0.384 e. The average Bonchev–Trinajstić information content (AvgIpc) is 2.46. The average molecular weight is 262 g/mol. The van der Waals surface area contributed by atoms with Crippen molar-refractivity contribution in [3.63, 3.8) is 0 Å². The summed E-state index contributed by atoms with van der Waals surface area (Å²) in [4.78, 5) is 9.11. The van der Waals surface area contributed by atoms with Gasteiger partial charge in [-0.25, -0.2) is 4.98 Å². The lowest BCUT2D eigenvalue weighted by molar-refractivity contribution is -0.00314. The van der Waals surface area contributed by atoms with Gasteiger partial charge < -0.3 is 5.73 Å². The standard InChI is InChI=1S/C13H22N6/c14-13-8-10(1-2-16-13)7-11(17-15)12-9-18-3-5-19(12)6-4-18/h1-2,8,11-12,17H,3-7,9,15H2,(H2,14,16). The van der Waals surface area contributed by atoms with Crippen molar-refractivity contribution in [2.45, 2.75) is 18.5 Å². The molecule has 6 nitrogen and oxygen atoms in total. The Morgan fingerprint density at radius 3 is 2.74 bits per heavy atom. The summed E-state index contributed by atoms with van der Waals surface area (Å²) < 4.78 is 0. The van der Waals surface area contributed by atoms with Crippen molar-refractivity contribution in [2.75, 3.05) is 38.5 Å². The van der Waals surface area contributed by atoms with E-state index in [4.69, 9.17) is 11.6 Å². The van der Waals surface area contributed by atoms with Crippen LogP contribution in [0.3, 0.4) is 0 Å². The number of piperazine rings is 3. The smallest absolute Gasteiger partial charge is 0.123 e. The number of aromatic nitrogens is 1. The number of pyridine rings is 1. The Labute approximate surface area is 113 Å². The summed E-state index contributed by atoms with van der Waals surface area (Å²) in [5.74, 6) is 6.35. The maximum atomic E-state index is 5.78. The summed E-state index contributed by atoms with van der Waals surface area (Å²) in [7, 11) is 0. The number of anilines is 1. The van der Waals surface area contributed by atoms with Gasteiger partial charge in [0.1, 0.15) is 5.82 Å². The zero-order valence-corrected chi connectivity index (χ0v) is 11.1. The molecule has 3 aliphatic rings. The molecule has 104 valence electrons. The van der Waals surface area contributed by atoms with E-state index >= 15 is 0 Å². The van der Waals surface area contributed by atoms with E-state index in [1.54, 1.807) is 6.20 Å². The Kier molecular flexibility index (Phi) is 3.65. The summed E-state index contributed by atoms with van der Waals surface area (Å²) in [6.07, 6.45) is 2.65. The lowest BCUT2D eigenvalue weighted by Gasteiger charge is -2.50. The number of nitrogens with zero attached hydrogens (tertiary/aromatic N) is 3. The Bertz CT molecular complexity index is 429. The maximum Gasteiger partial charge on any atom is 0.123 e. The zero-order chi connectivity index (χ0) is 13.2. The fraction of sp³-hybridized carbons (Fsp3) is 0.615. The molecule has 1 aromatic heterocycles. The van der Waals surface area contributed by atoms with Crippen LogP contribution in [-0.2, 0) is 6.42 Å². The molecule has 0 radical (unpaired) electrons. The molecule has 4 heterocycles. The number of hydrazine groups is 1. The van der Waals surface area contributed by atoms with Gasteiger partial charge in [0.05, 0.1) is 0 Å². The number of nitrogens with one attached hydrogen (secondary N) is 1. The monoisotopic (exact) mass is 262 g/mol. The van der Waals surface area contributed by atoms with Crippen molar-refractivity contribution in [1.82, 2.24) is 20.2 Å². The molecule has 2 unspecified atom stereocenters. The van der Waals surface area contributed by atoms with Crippen LogP contribution in [0, 0.1) is 0 Å². The quantitative estimate of drug-likeness (QED) is 0.479. The van der Waals surface area contributed by atoms with Crippen LogP contribution in [0.1, 0.15) is 5.56 Å². The third kappa shape index (κ3) is 2.71. The lowest BCUT2D eigenvalue weighted by Crippen LogP contribution is -2.67. The molecule has 5 N–H and O–H groups in total. The molecule has 1 aromatic rings. The first-order chi connectivity index (χ1) is 9.26. The van der Waals surface area contributed by atoms with Crippen molar-refractivity contribution < 1.29 is 0 Å². The molecule has 0 spiro atoms. The highest BCUT2D eigenvalue weighted by Crippen LogP contribution is 2.20. The number of rotatable bonds is 4. The predicted molar refractivity (Wildman–Crippen MR) is 75.3 cm³/mol. The van der Waals surface area contributed by atoms with E-state index in [9.17, 15) is 0 Å². The van der Waals surface area contributed by atoms with Crippen LogP contribution in [0.4, 0.5) is 5.82 Å². The molecule has 6 heteroatoms. The number of fused-ring (bicyclic) bond motifs is 3. The van der Waals surface area contributed by atoms with Gasteiger partial charge in [0, 0.05) is 51.0 Å². The van der Waals surface area contributed by atoms with Crippen LogP contribution in [0.15, 0.2) is 18.3 Å². The molecule has 3 aliphatic heterocycles. The Morgan fingerprint density at radius 1 is 1.37 bits per heavy atom. The first-order valence-corrected chi connectivity index (χ1v) is 6.89. The number of nitrogen functional groups attached to an aromatic ring is 1. The molecule has 19 heavy (non-hydrogen) atoms. The van der Waals surface area contributed by atoms with Crippen LogP contribution in [0.2, 0.25) is 0 Å². The fourth-order valence-corrected chi connectivity index (χ4v) is 3.22. The van der Waals surface area contributed by atoms with Crippen LogP contribution >= 0.6 is 0 Å². The molecule has 4 rings (SSSR count). The number of hydrogen-bond acceptors (Lipinski definition) is 6. The van der Waals surface area contributed by atoms with Gasteiger partial charge in [0.2, 0.25) is 0 Å². The molecule has 3 fully saturated rings. The summed E-state index contributed by atoms with van der Waals surface area (Å²) in [5.41, 5.74) is 9.92. The molecule has 2 bridgehead atoms. The van der Waals surface area contributed by atoms with Gasteiger partial charge >= 0.3 is 0 Å². The molecule has 0 saturated carbocycles. The van der Waals surface area contributed by atoms with Gasteiger partial charge in [-0.2, -0.15) is 0 Å². The van der Waals surface area contributed by atoms with Crippen molar-refractivity contribution in [2.24, 2.45) is 5.84 Å². The summed E-state index contributed by atoms with van der Waals surface area (Å²) in [5, 5.41) is 0. The summed E-state index contributed by atoms with van der Waals surface area (Å²) in [6.45, 7) is 5.80. The molecule has 0 amide bonds. The van der Waals surface area contributed by atoms with E-state index in [1.165, 1.54) is 18.7 Å². The van der Waals surface area contributed by atoms with Crippen molar-refractivity contribution in [3.8, 4) is 0 Å². The predicted octanol–water partition coefficient (Wildman–Crippen LogP) is -0.962. The van der Waals surface area contributed by atoms with E-state index < -0.39 is 0 Å². The van der Waals surface area contributed by atoms with E-state index in [2.05, 4.69) is 20.2 Å². The minimum absolute atomic E-state index is 0.255. The van der Waals surface area contributed by atoms with Gasteiger partial charge in [-0.1, -0.05) is 0 Å². The minimum Gasteiger partial charge on any atom is -0.384 e. The third-order valence-corrected chi connectivity index (χ3v) is 4.30. The normalized spacial score (nSPS) is 31.3. The van der Waals surface area contributed by atoms with Crippen LogP contribution in [0.5, 0.6) is 0 Å². The molecule has 0 aromatic carbocycles. The van der Waals surface area contributed by atoms with E-state index in [0.29, 0.717) is 11.9 Å². The molecular formula is C13H22N6. The Hall–Kier alpha value is -1.21. The van der Waals surface area contributed by atoms with Gasteiger partial charge in [-0.15, -0.1) is 0 Å². The van der Waals surface area contributed by atoms with Gasteiger partial charge in [0.15, 0.2) is 0 Å². The van der Waals surface area contributed by atoms with Gasteiger partial charge in [0.25, 0.3) is 0 Å². The van der Waals surface area contributed by atoms with Crippen molar-refractivity contribution in [3.05, 3.63) is 23.9 Å². The molecule has 3 saturated heterocycles. The molecule has 0 aliphatic carbocycles. The fourth-order valence-electron chi connectivity index (χ4n) is 3.22. The number of hydrogen-bond donors (Lipinski definition) is 3. The minimum atomic E-state index is 0.255. The third-order valence-electron chi connectivity index (χ3n) is 4.30. The van der Waals surface area contributed by atoms with E-state index in [0.717, 1.165) is 26.1 Å². The highest BCUT2D eigenvalue weighted by molar-refractivity contribution is 5.32. The SMILES string of the molecule is NNC(Cc1ccnc(N)c1)C1CN2CCN1CC2. The second-order valence-corrected chi connectivity index (χ2v) is 5.47. The van der Waals surface area contributed by atoms with E-state index in [1.807, 2.05) is 12.1 Å². The van der Waals surface area contributed by atoms with Crippen LogP contribution in [-0.4, -0.2) is 59.6 Å². The van der Waals surface area contributed by atoms with Gasteiger partial charge in [-0.05, 0) is 24.1 Å². The van der Waals surface area contributed by atoms with Crippen LogP contribution in [0.25, 0.3) is 0 Å². The Balaban J connectivity index is 1.70. The van der Waals surface area contributed by atoms with E-state index in [-0.39, 0.29) is 6.04 Å². The number of nitrogens with two attached hydrogens (primary N) is 2. The summed E-state index contributed by atoms with van der Waals surface area (Å²) in [6, 6.07) is 4.69. The van der Waals surface area contributed by atoms with Crippen molar-refractivity contribution in [1.29, 1.82) is 0 Å². The second kappa shape index (κ2) is 5.42. The maximum absolute atomic E-state index is 5.78. The molecular weight excluding hydrogens is 240 g/mol.